The van der Waals surface area contributed by atoms with Gasteiger partial charge in [-0.25, -0.2) is 4.98 Å². The van der Waals surface area contributed by atoms with Crippen LogP contribution in [0.1, 0.15) is 30.9 Å². The van der Waals surface area contributed by atoms with Crippen molar-refractivity contribution in [3.63, 3.8) is 0 Å². The van der Waals surface area contributed by atoms with Gasteiger partial charge in [0.25, 0.3) is 0 Å². The number of aliphatic imine (C=N–C) groups is 1. The van der Waals surface area contributed by atoms with Gasteiger partial charge in [0.05, 0.1) is 12.7 Å². The van der Waals surface area contributed by atoms with Crippen molar-refractivity contribution in [2.75, 3.05) is 44.7 Å². The summed E-state index contributed by atoms with van der Waals surface area (Å²) in [6, 6.07) is 15.4. The number of guanidine groups is 1. The summed E-state index contributed by atoms with van der Waals surface area (Å²) < 4.78 is 5.66. The van der Waals surface area contributed by atoms with Crippen molar-refractivity contribution in [1.82, 2.24) is 20.5 Å². The Morgan fingerprint density at radius 2 is 2.00 bits per heavy atom. The normalized spacial score (nSPS) is 21.9. The highest BCUT2D eigenvalue weighted by Gasteiger charge is 2.21. The van der Waals surface area contributed by atoms with Crippen molar-refractivity contribution in [3.8, 4) is 0 Å². The number of aromatic nitrogens is 1. The number of morpholine rings is 1. The molecule has 2 unspecified atom stereocenters. The molecule has 8 heteroatoms. The van der Waals surface area contributed by atoms with E-state index < -0.39 is 0 Å². The lowest BCUT2D eigenvalue weighted by Gasteiger charge is -2.34. The third-order valence-corrected chi connectivity index (χ3v) is 6.15. The number of piperidine rings is 1. The van der Waals surface area contributed by atoms with E-state index >= 15 is 0 Å². The quantitative estimate of drug-likeness (QED) is 0.319. The number of anilines is 1. The van der Waals surface area contributed by atoms with Gasteiger partial charge in [-0.3, -0.25) is 9.89 Å². The van der Waals surface area contributed by atoms with E-state index in [-0.39, 0.29) is 30.1 Å². The highest BCUT2D eigenvalue weighted by Crippen LogP contribution is 2.17. The van der Waals surface area contributed by atoms with E-state index in [0.29, 0.717) is 6.04 Å². The van der Waals surface area contributed by atoms with Crippen LogP contribution in [0.5, 0.6) is 0 Å². The topological polar surface area (TPSA) is 65.0 Å². The van der Waals surface area contributed by atoms with Crippen molar-refractivity contribution in [1.29, 1.82) is 0 Å². The molecule has 4 rings (SSSR count). The highest BCUT2D eigenvalue weighted by atomic mass is 127. The molecule has 0 spiro atoms. The average molecular weight is 565 g/mol. The standard InChI is InChI=1S/C25H36N6O.HI/c1-20-17-31(13-14-32-20)24-15-22(10-11-27-24)16-28-25(26-2)29-23-9-6-12-30(19-23)18-21-7-4-3-5-8-21;/h3-5,7-8,10-11,15,20,23H,6,9,12-14,16-19H2,1-2H3,(H2,26,28,29);1H. The van der Waals surface area contributed by atoms with Gasteiger partial charge >= 0.3 is 0 Å². The Balaban J connectivity index is 0.00000306. The van der Waals surface area contributed by atoms with Crippen LogP contribution in [0.15, 0.2) is 53.7 Å². The molecule has 2 aliphatic heterocycles. The minimum absolute atomic E-state index is 0. The van der Waals surface area contributed by atoms with E-state index in [1.54, 1.807) is 0 Å². The SMILES string of the molecule is CN=C(NCc1ccnc(N2CCOC(C)C2)c1)NC1CCCN(Cc2ccccc2)C1.I. The predicted molar refractivity (Wildman–Crippen MR) is 145 cm³/mol. The number of halogens is 1. The number of nitrogens with one attached hydrogen (secondary N) is 2. The van der Waals surface area contributed by atoms with Crippen LogP contribution in [-0.2, 0) is 17.8 Å². The number of ether oxygens (including phenoxy) is 1. The fraction of sp³-hybridized carbons (Fsp3) is 0.520. The molecule has 2 aliphatic rings. The summed E-state index contributed by atoms with van der Waals surface area (Å²) in [4.78, 5) is 13.9. The first kappa shape index (κ1) is 25.7. The van der Waals surface area contributed by atoms with Crippen LogP contribution in [0, 0.1) is 0 Å². The molecule has 1 aromatic carbocycles. The minimum atomic E-state index is 0. The average Bonchev–Trinajstić information content (AvgIpc) is 2.83. The first-order valence-corrected chi connectivity index (χ1v) is 11.7. The minimum Gasteiger partial charge on any atom is -0.375 e. The molecule has 0 aliphatic carbocycles. The lowest BCUT2D eigenvalue weighted by atomic mass is 10.0. The van der Waals surface area contributed by atoms with E-state index in [9.17, 15) is 0 Å². The Hall–Kier alpha value is -1.91. The largest absolute Gasteiger partial charge is 0.375 e. The lowest BCUT2D eigenvalue weighted by molar-refractivity contribution is 0.0529. The molecule has 2 atom stereocenters. The van der Waals surface area contributed by atoms with Gasteiger partial charge in [0.1, 0.15) is 5.82 Å². The molecule has 3 heterocycles. The molecule has 180 valence electrons. The van der Waals surface area contributed by atoms with Gasteiger partial charge in [0, 0.05) is 52.0 Å². The van der Waals surface area contributed by atoms with Crippen molar-refractivity contribution >= 4 is 35.8 Å². The first-order chi connectivity index (χ1) is 15.7. The molecular weight excluding hydrogens is 527 g/mol. The Morgan fingerprint density at radius 1 is 1.15 bits per heavy atom. The maximum absolute atomic E-state index is 5.66. The van der Waals surface area contributed by atoms with Crippen LogP contribution in [0.4, 0.5) is 5.82 Å². The zero-order chi connectivity index (χ0) is 22.2. The van der Waals surface area contributed by atoms with Crippen LogP contribution < -0.4 is 15.5 Å². The summed E-state index contributed by atoms with van der Waals surface area (Å²) in [6.07, 6.45) is 4.51. The summed E-state index contributed by atoms with van der Waals surface area (Å²) in [6.45, 7) is 8.54. The van der Waals surface area contributed by atoms with Gasteiger partial charge in [-0.1, -0.05) is 30.3 Å². The number of likely N-dealkylation sites (tertiary alicyclic amines) is 1. The Labute approximate surface area is 215 Å². The second kappa shape index (κ2) is 13.1. The molecule has 0 radical (unpaired) electrons. The lowest BCUT2D eigenvalue weighted by Crippen LogP contribution is -2.50. The molecule has 0 saturated carbocycles. The number of hydrogen-bond donors (Lipinski definition) is 2. The van der Waals surface area contributed by atoms with Crippen LogP contribution in [0.2, 0.25) is 0 Å². The van der Waals surface area contributed by atoms with Gasteiger partial charge in [0.2, 0.25) is 0 Å². The van der Waals surface area contributed by atoms with Crippen molar-refractivity contribution in [2.24, 2.45) is 4.99 Å². The Morgan fingerprint density at radius 3 is 2.79 bits per heavy atom. The van der Waals surface area contributed by atoms with E-state index in [0.717, 1.165) is 57.7 Å². The summed E-state index contributed by atoms with van der Waals surface area (Å²) in [5.74, 6) is 1.88. The number of hydrogen-bond acceptors (Lipinski definition) is 5. The molecule has 2 aromatic rings. The number of benzene rings is 1. The summed E-state index contributed by atoms with van der Waals surface area (Å²) in [7, 11) is 1.84. The van der Waals surface area contributed by atoms with Crippen LogP contribution >= 0.6 is 24.0 Å². The second-order valence-corrected chi connectivity index (χ2v) is 8.78. The zero-order valence-corrected chi connectivity index (χ0v) is 22.1. The molecule has 33 heavy (non-hydrogen) atoms. The molecule has 2 saturated heterocycles. The van der Waals surface area contributed by atoms with E-state index in [1.807, 2.05) is 13.2 Å². The van der Waals surface area contributed by atoms with E-state index in [1.165, 1.54) is 24.0 Å². The number of nitrogens with zero attached hydrogens (tertiary/aromatic N) is 4. The zero-order valence-electron chi connectivity index (χ0n) is 19.7. The maximum Gasteiger partial charge on any atom is 0.191 e. The van der Waals surface area contributed by atoms with Crippen molar-refractivity contribution in [3.05, 3.63) is 59.8 Å². The molecular formula is C25H37IN6O. The summed E-state index contributed by atoms with van der Waals surface area (Å²) in [5.41, 5.74) is 2.57. The van der Waals surface area contributed by atoms with Crippen LogP contribution in [-0.4, -0.2) is 67.8 Å². The molecule has 0 amide bonds. The molecule has 0 bridgehead atoms. The molecule has 2 N–H and O–H groups in total. The van der Waals surface area contributed by atoms with Gasteiger partial charge in [-0.05, 0) is 49.6 Å². The Bertz CT molecular complexity index is 880. The highest BCUT2D eigenvalue weighted by molar-refractivity contribution is 14.0. The van der Waals surface area contributed by atoms with Gasteiger partial charge in [-0.15, -0.1) is 24.0 Å². The third-order valence-electron chi connectivity index (χ3n) is 6.15. The van der Waals surface area contributed by atoms with Gasteiger partial charge < -0.3 is 20.3 Å². The summed E-state index contributed by atoms with van der Waals surface area (Å²) >= 11 is 0. The van der Waals surface area contributed by atoms with E-state index in [4.69, 9.17) is 4.74 Å². The smallest absolute Gasteiger partial charge is 0.191 e. The second-order valence-electron chi connectivity index (χ2n) is 8.78. The van der Waals surface area contributed by atoms with Crippen molar-refractivity contribution in [2.45, 2.75) is 45.0 Å². The molecule has 1 aromatic heterocycles. The monoisotopic (exact) mass is 564 g/mol. The number of rotatable bonds is 6. The predicted octanol–water partition coefficient (Wildman–Crippen LogP) is 3.25. The fourth-order valence-electron chi connectivity index (χ4n) is 4.50. The first-order valence-electron chi connectivity index (χ1n) is 11.7. The van der Waals surface area contributed by atoms with Gasteiger partial charge in [-0.2, -0.15) is 0 Å². The van der Waals surface area contributed by atoms with Crippen molar-refractivity contribution < 1.29 is 4.74 Å². The third kappa shape index (κ3) is 7.82. The van der Waals surface area contributed by atoms with Crippen LogP contribution in [0.25, 0.3) is 0 Å². The van der Waals surface area contributed by atoms with Gasteiger partial charge in [0.15, 0.2) is 5.96 Å². The summed E-state index contributed by atoms with van der Waals surface area (Å²) in [5, 5.41) is 7.12. The van der Waals surface area contributed by atoms with Crippen LogP contribution in [0.3, 0.4) is 0 Å². The fourth-order valence-corrected chi connectivity index (χ4v) is 4.50. The Kier molecular flexibility index (Phi) is 10.2. The molecule has 2 fully saturated rings. The molecule has 7 nitrogen and oxygen atoms in total. The van der Waals surface area contributed by atoms with E-state index in [2.05, 4.69) is 79.8 Å². The number of pyridine rings is 1. The maximum atomic E-state index is 5.66.